The molecule has 1 aliphatic carbocycles. The number of rotatable bonds is 4. The Morgan fingerprint density at radius 2 is 1.88 bits per heavy atom. The van der Waals surface area contributed by atoms with E-state index in [9.17, 15) is 0 Å². The predicted molar refractivity (Wildman–Crippen MR) is 101 cm³/mol. The summed E-state index contributed by atoms with van der Waals surface area (Å²) in [5.74, 6) is 3.58. The third-order valence-corrected chi connectivity index (χ3v) is 5.50. The Bertz CT molecular complexity index is 917. The maximum Gasteiger partial charge on any atom is 0.180 e. The molecule has 4 heterocycles. The van der Waals surface area contributed by atoms with E-state index in [2.05, 4.69) is 31.8 Å². The van der Waals surface area contributed by atoms with E-state index >= 15 is 0 Å². The zero-order valence-corrected chi connectivity index (χ0v) is 15.0. The van der Waals surface area contributed by atoms with Crippen LogP contribution >= 0.6 is 0 Å². The minimum Gasteiger partial charge on any atom is -0.355 e. The van der Waals surface area contributed by atoms with E-state index in [1.54, 1.807) is 0 Å². The van der Waals surface area contributed by atoms with Gasteiger partial charge < -0.3 is 14.2 Å². The first kappa shape index (κ1) is 15.5. The summed E-state index contributed by atoms with van der Waals surface area (Å²) in [6, 6.07) is 2.43. The molecule has 26 heavy (non-hydrogen) atoms. The lowest BCUT2D eigenvalue weighted by Gasteiger charge is -2.38. The first-order valence-electron chi connectivity index (χ1n) is 9.38. The van der Waals surface area contributed by atoms with Gasteiger partial charge in [0.2, 0.25) is 0 Å². The van der Waals surface area contributed by atoms with Crippen molar-refractivity contribution in [3.63, 3.8) is 0 Å². The van der Waals surface area contributed by atoms with Crippen molar-refractivity contribution in [2.75, 3.05) is 29.9 Å². The first-order chi connectivity index (χ1) is 12.8. The zero-order valence-electron chi connectivity index (χ0n) is 15.0. The highest BCUT2D eigenvalue weighted by molar-refractivity contribution is 5.64. The maximum atomic E-state index is 4.81. The van der Waals surface area contributed by atoms with Crippen molar-refractivity contribution < 1.29 is 0 Å². The third-order valence-electron chi connectivity index (χ3n) is 5.50. The highest BCUT2D eigenvalue weighted by atomic mass is 15.3. The van der Waals surface area contributed by atoms with E-state index in [0.29, 0.717) is 12.0 Å². The summed E-state index contributed by atoms with van der Waals surface area (Å²) in [4.78, 5) is 23.0. The predicted octanol–water partition coefficient (Wildman–Crippen LogP) is 2.50. The Kier molecular flexibility index (Phi) is 3.72. The van der Waals surface area contributed by atoms with Gasteiger partial charge in [-0.1, -0.05) is 0 Å². The van der Waals surface area contributed by atoms with Gasteiger partial charge in [-0.25, -0.2) is 19.9 Å². The number of aromatic nitrogens is 5. The molecule has 0 spiro atoms. The van der Waals surface area contributed by atoms with Crippen molar-refractivity contribution in [2.24, 2.45) is 0 Å². The smallest absolute Gasteiger partial charge is 0.180 e. The third kappa shape index (κ3) is 2.77. The van der Waals surface area contributed by atoms with Gasteiger partial charge >= 0.3 is 0 Å². The maximum absolute atomic E-state index is 4.81. The molecule has 5 rings (SSSR count). The van der Waals surface area contributed by atoms with Gasteiger partial charge in [-0.2, -0.15) is 0 Å². The standard InChI is InChI=1S/C19H23N7/c1-24(16-6-7-20-17(23-16)14-4-5-14)15-3-2-10-26(13-15)19-18-21-8-11-25(18)12-9-22-19/h6-9,11-12,14-15H,2-5,10,13H2,1H3. The molecule has 1 saturated heterocycles. The Morgan fingerprint density at radius 3 is 2.73 bits per heavy atom. The van der Waals surface area contributed by atoms with Crippen LogP contribution in [0.25, 0.3) is 5.65 Å². The lowest BCUT2D eigenvalue weighted by Crippen LogP contribution is -2.47. The molecule has 2 aliphatic rings. The normalized spacial score (nSPS) is 20.5. The molecule has 1 unspecified atom stereocenters. The van der Waals surface area contributed by atoms with Gasteiger partial charge in [0.1, 0.15) is 11.6 Å². The molecular weight excluding hydrogens is 326 g/mol. The number of fused-ring (bicyclic) bond motifs is 1. The molecule has 7 heteroatoms. The van der Waals surface area contributed by atoms with Gasteiger partial charge in [0, 0.05) is 63.1 Å². The van der Waals surface area contributed by atoms with Crippen molar-refractivity contribution in [2.45, 2.75) is 37.6 Å². The Hall–Kier alpha value is -2.70. The van der Waals surface area contributed by atoms with Gasteiger partial charge in [0.25, 0.3) is 0 Å². The average Bonchev–Trinajstić information content (AvgIpc) is 3.44. The molecule has 134 valence electrons. The number of likely N-dealkylation sites (N-methyl/N-ethyl adjacent to an activating group) is 1. The van der Waals surface area contributed by atoms with Crippen LogP contribution in [0, 0.1) is 0 Å². The number of hydrogen-bond acceptors (Lipinski definition) is 6. The molecule has 0 bridgehead atoms. The van der Waals surface area contributed by atoms with Crippen LogP contribution in [0.5, 0.6) is 0 Å². The molecular formula is C19H23N7. The van der Waals surface area contributed by atoms with Gasteiger partial charge in [0.15, 0.2) is 11.5 Å². The summed E-state index contributed by atoms with van der Waals surface area (Å²) >= 11 is 0. The largest absolute Gasteiger partial charge is 0.355 e. The SMILES string of the molecule is CN(c1ccnc(C2CC2)n1)C1CCCN(c2nccn3ccnc23)C1. The fourth-order valence-corrected chi connectivity index (χ4v) is 3.81. The average molecular weight is 349 g/mol. The number of nitrogens with zero attached hydrogens (tertiary/aromatic N) is 7. The van der Waals surface area contributed by atoms with Crippen LogP contribution in [-0.2, 0) is 0 Å². The quantitative estimate of drug-likeness (QED) is 0.721. The van der Waals surface area contributed by atoms with E-state index in [0.717, 1.165) is 49.0 Å². The van der Waals surface area contributed by atoms with E-state index in [1.807, 2.05) is 41.5 Å². The van der Waals surface area contributed by atoms with Crippen LogP contribution in [0.1, 0.15) is 37.4 Å². The van der Waals surface area contributed by atoms with E-state index < -0.39 is 0 Å². The molecule has 3 aromatic heterocycles. The summed E-state index contributed by atoms with van der Waals surface area (Å²) in [5, 5.41) is 0. The van der Waals surface area contributed by atoms with Gasteiger partial charge in [-0.05, 0) is 31.7 Å². The molecule has 1 aliphatic heterocycles. The Morgan fingerprint density at radius 1 is 1.04 bits per heavy atom. The Labute approximate surface area is 152 Å². The van der Waals surface area contributed by atoms with Crippen LogP contribution in [0.3, 0.4) is 0 Å². The van der Waals surface area contributed by atoms with Crippen LogP contribution in [-0.4, -0.2) is 50.5 Å². The van der Waals surface area contributed by atoms with Crippen LogP contribution in [0.15, 0.2) is 37.1 Å². The molecule has 2 fully saturated rings. The lowest BCUT2D eigenvalue weighted by molar-refractivity contribution is 0.483. The minimum atomic E-state index is 0.405. The van der Waals surface area contributed by atoms with Crippen LogP contribution in [0.2, 0.25) is 0 Å². The summed E-state index contributed by atoms with van der Waals surface area (Å²) < 4.78 is 2.03. The molecule has 0 aromatic carbocycles. The molecule has 1 atom stereocenters. The topological polar surface area (TPSA) is 62.5 Å². The first-order valence-corrected chi connectivity index (χ1v) is 9.38. The molecule has 3 aromatic rings. The fraction of sp³-hybridized carbons (Fsp3) is 0.474. The number of hydrogen-bond donors (Lipinski definition) is 0. The van der Waals surface area contributed by atoms with Crippen LogP contribution in [0.4, 0.5) is 11.6 Å². The van der Waals surface area contributed by atoms with Gasteiger partial charge in [-0.15, -0.1) is 0 Å². The van der Waals surface area contributed by atoms with Crippen molar-refractivity contribution in [3.8, 4) is 0 Å². The zero-order chi connectivity index (χ0) is 17.5. The Balaban J connectivity index is 1.38. The molecule has 7 nitrogen and oxygen atoms in total. The summed E-state index contributed by atoms with van der Waals surface area (Å²) in [5.41, 5.74) is 0.925. The second-order valence-corrected chi connectivity index (χ2v) is 7.31. The summed E-state index contributed by atoms with van der Waals surface area (Å²) in [7, 11) is 2.15. The highest BCUT2D eigenvalue weighted by Gasteiger charge is 2.29. The molecule has 0 radical (unpaired) electrons. The molecule has 1 saturated carbocycles. The van der Waals surface area contributed by atoms with Gasteiger partial charge in [-0.3, -0.25) is 0 Å². The number of anilines is 2. The van der Waals surface area contributed by atoms with E-state index in [4.69, 9.17) is 4.98 Å². The minimum absolute atomic E-state index is 0.405. The second-order valence-electron chi connectivity index (χ2n) is 7.31. The number of imidazole rings is 1. The summed E-state index contributed by atoms with van der Waals surface area (Å²) in [6.45, 7) is 1.94. The van der Waals surface area contributed by atoms with E-state index in [1.165, 1.54) is 12.8 Å². The second kappa shape index (κ2) is 6.23. The number of piperidine rings is 1. The van der Waals surface area contributed by atoms with Crippen molar-refractivity contribution in [1.29, 1.82) is 0 Å². The monoisotopic (exact) mass is 349 g/mol. The molecule has 0 amide bonds. The fourth-order valence-electron chi connectivity index (χ4n) is 3.81. The summed E-state index contributed by atoms with van der Waals surface area (Å²) in [6.07, 6.45) is 14.2. The lowest BCUT2D eigenvalue weighted by atomic mass is 10.0. The van der Waals surface area contributed by atoms with Crippen LogP contribution < -0.4 is 9.80 Å². The van der Waals surface area contributed by atoms with Crippen molar-refractivity contribution in [1.82, 2.24) is 24.3 Å². The van der Waals surface area contributed by atoms with Crippen molar-refractivity contribution in [3.05, 3.63) is 42.9 Å². The van der Waals surface area contributed by atoms with Crippen molar-refractivity contribution >= 4 is 17.3 Å². The van der Waals surface area contributed by atoms with E-state index in [-0.39, 0.29) is 0 Å². The molecule has 0 N–H and O–H groups in total. The van der Waals surface area contributed by atoms with Gasteiger partial charge in [0.05, 0.1) is 0 Å². The highest BCUT2D eigenvalue weighted by Crippen LogP contribution is 2.38.